The van der Waals surface area contributed by atoms with Gasteiger partial charge in [-0.1, -0.05) is 35.9 Å². The summed E-state index contributed by atoms with van der Waals surface area (Å²) in [6, 6.07) is 23.8. The SMILES string of the molecule is COc1ccc(NC(=O)c2ccc(CN3C(=O)CCn4nc(-c5cccc(Cl)c5)cc43)cc2)cc1. The van der Waals surface area contributed by atoms with Crippen LogP contribution in [0.3, 0.4) is 0 Å². The molecular weight excluding hydrogens is 464 g/mol. The fourth-order valence-corrected chi connectivity index (χ4v) is 4.22. The van der Waals surface area contributed by atoms with Crippen LogP contribution in [0.25, 0.3) is 11.3 Å². The second kappa shape index (κ2) is 9.64. The van der Waals surface area contributed by atoms with Crippen molar-refractivity contribution in [2.45, 2.75) is 19.5 Å². The number of carbonyl (C=O) groups is 2. The van der Waals surface area contributed by atoms with E-state index in [9.17, 15) is 9.59 Å². The van der Waals surface area contributed by atoms with Gasteiger partial charge in [-0.15, -0.1) is 0 Å². The van der Waals surface area contributed by atoms with Crippen molar-refractivity contribution in [3.05, 3.63) is 95.0 Å². The number of hydrogen-bond acceptors (Lipinski definition) is 4. The van der Waals surface area contributed by atoms with E-state index in [-0.39, 0.29) is 11.8 Å². The number of hydrogen-bond donors (Lipinski definition) is 1. The van der Waals surface area contributed by atoms with Gasteiger partial charge in [-0.25, -0.2) is 4.68 Å². The maximum atomic E-state index is 12.8. The lowest BCUT2D eigenvalue weighted by Gasteiger charge is -2.27. The number of methoxy groups -OCH3 is 1. The standard InChI is InChI=1S/C27H23ClN4O3/c1-35-23-11-9-22(10-12-23)29-27(34)19-7-5-18(6-8-19)17-31-25-16-24(20-3-2-4-21(28)15-20)30-32(25)14-13-26(31)33/h2-12,15-16H,13-14,17H2,1H3,(H,29,34). The monoisotopic (exact) mass is 486 g/mol. The Labute approximate surface area is 207 Å². The van der Waals surface area contributed by atoms with Crippen molar-refractivity contribution >= 4 is 34.9 Å². The number of nitrogens with zero attached hydrogens (tertiary/aromatic N) is 3. The lowest BCUT2D eigenvalue weighted by Crippen LogP contribution is -2.36. The molecule has 2 amide bonds. The number of fused-ring (bicyclic) bond motifs is 1. The molecule has 8 heteroatoms. The van der Waals surface area contributed by atoms with Crippen molar-refractivity contribution in [1.82, 2.24) is 9.78 Å². The van der Waals surface area contributed by atoms with E-state index in [2.05, 4.69) is 10.4 Å². The highest BCUT2D eigenvalue weighted by Crippen LogP contribution is 2.30. The molecule has 176 valence electrons. The first-order valence-corrected chi connectivity index (χ1v) is 11.6. The average molecular weight is 487 g/mol. The Hall–Kier alpha value is -4.10. The van der Waals surface area contributed by atoms with Gasteiger partial charge in [0.15, 0.2) is 0 Å². The molecule has 0 aliphatic carbocycles. The van der Waals surface area contributed by atoms with Crippen LogP contribution >= 0.6 is 11.6 Å². The molecule has 0 unspecified atom stereocenters. The number of nitrogens with one attached hydrogen (secondary N) is 1. The number of halogens is 1. The molecule has 35 heavy (non-hydrogen) atoms. The van der Waals surface area contributed by atoms with E-state index in [0.29, 0.717) is 35.8 Å². The molecule has 0 bridgehead atoms. The Balaban J connectivity index is 1.31. The summed E-state index contributed by atoms with van der Waals surface area (Å²) in [4.78, 5) is 27.1. The molecule has 2 heterocycles. The number of benzene rings is 3. The largest absolute Gasteiger partial charge is 0.497 e. The Kier molecular flexibility index (Phi) is 6.25. The molecule has 1 aliphatic heterocycles. The number of ether oxygens (including phenoxy) is 1. The zero-order valence-corrected chi connectivity index (χ0v) is 19.8. The van der Waals surface area contributed by atoms with E-state index in [4.69, 9.17) is 16.3 Å². The number of aromatic nitrogens is 2. The van der Waals surface area contributed by atoms with E-state index in [0.717, 1.165) is 28.4 Å². The minimum atomic E-state index is -0.208. The molecule has 1 aliphatic rings. The van der Waals surface area contributed by atoms with Gasteiger partial charge >= 0.3 is 0 Å². The van der Waals surface area contributed by atoms with Gasteiger partial charge in [-0.3, -0.25) is 14.5 Å². The first-order valence-electron chi connectivity index (χ1n) is 11.2. The van der Waals surface area contributed by atoms with E-state index >= 15 is 0 Å². The quantitative estimate of drug-likeness (QED) is 0.396. The summed E-state index contributed by atoms with van der Waals surface area (Å²) < 4.78 is 7.00. The normalized spacial score (nSPS) is 12.9. The molecule has 5 rings (SSSR count). The molecule has 1 N–H and O–H groups in total. The molecule has 0 atom stereocenters. The lowest BCUT2D eigenvalue weighted by molar-refractivity contribution is -0.119. The number of aryl methyl sites for hydroxylation is 1. The third-order valence-electron chi connectivity index (χ3n) is 5.90. The zero-order valence-electron chi connectivity index (χ0n) is 19.1. The summed E-state index contributed by atoms with van der Waals surface area (Å²) in [5, 5.41) is 8.19. The number of anilines is 2. The molecule has 0 fully saturated rings. The third-order valence-corrected chi connectivity index (χ3v) is 6.13. The van der Waals surface area contributed by atoms with Crippen LogP contribution in [0.1, 0.15) is 22.3 Å². The van der Waals surface area contributed by atoms with E-state index in [1.807, 2.05) is 47.1 Å². The van der Waals surface area contributed by atoms with E-state index in [1.54, 1.807) is 48.4 Å². The highest BCUT2D eigenvalue weighted by atomic mass is 35.5. The van der Waals surface area contributed by atoms with Gasteiger partial charge < -0.3 is 10.1 Å². The topological polar surface area (TPSA) is 76.5 Å². The van der Waals surface area contributed by atoms with Crippen LogP contribution in [0.2, 0.25) is 5.02 Å². The molecule has 4 aromatic rings. The molecule has 7 nitrogen and oxygen atoms in total. The Morgan fingerprint density at radius 1 is 1.06 bits per heavy atom. The maximum Gasteiger partial charge on any atom is 0.255 e. The van der Waals surface area contributed by atoms with Gasteiger partial charge in [0.05, 0.1) is 25.9 Å². The van der Waals surface area contributed by atoms with Crippen LogP contribution in [0.5, 0.6) is 5.75 Å². The summed E-state index contributed by atoms with van der Waals surface area (Å²) in [5.41, 5.74) is 3.80. The molecule has 0 spiro atoms. The first-order chi connectivity index (χ1) is 17.0. The Bertz CT molecular complexity index is 1380. The summed E-state index contributed by atoms with van der Waals surface area (Å²) in [7, 11) is 1.60. The zero-order chi connectivity index (χ0) is 24.4. The van der Waals surface area contributed by atoms with Crippen LogP contribution in [-0.2, 0) is 17.9 Å². The van der Waals surface area contributed by atoms with Gasteiger partial charge in [0.1, 0.15) is 11.6 Å². The predicted molar refractivity (Wildman–Crippen MR) is 136 cm³/mol. The summed E-state index contributed by atoms with van der Waals surface area (Å²) in [6.45, 7) is 0.926. The highest BCUT2D eigenvalue weighted by molar-refractivity contribution is 6.30. The van der Waals surface area contributed by atoms with Crippen molar-refractivity contribution in [2.24, 2.45) is 0 Å². The molecular formula is C27H23ClN4O3. The number of carbonyl (C=O) groups excluding carboxylic acids is 2. The molecule has 0 saturated carbocycles. The minimum Gasteiger partial charge on any atom is -0.497 e. The van der Waals surface area contributed by atoms with Crippen molar-refractivity contribution < 1.29 is 14.3 Å². The lowest BCUT2D eigenvalue weighted by atomic mass is 10.1. The van der Waals surface area contributed by atoms with Gasteiger partial charge in [0, 0.05) is 34.3 Å². The van der Waals surface area contributed by atoms with Crippen LogP contribution in [0.15, 0.2) is 78.9 Å². The fraction of sp³-hybridized carbons (Fsp3) is 0.148. The summed E-state index contributed by atoms with van der Waals surface area (Å²) in [6.07, 6.45) is 0.381. The fourth-order valence-electron chi connectivity index (χ4n) is 4.03. The molecule has 0 radical (unpaired) electrons. The van der Waals surface area contributed by atoms with Gasteiger partial charge in [-0.05, 0) is 54.1 Å². The van der Waals surface area contributed by atoms with Crippen LogP contribution in [-0.4, -0.2) is 28.7 Å². The average Bonchev–Trinajstić information content (AvgIpc) is 3.31. The molecule has 3 aromatic carbocycles. The predicted octanol–water partition coefficient (Wildman–Crippen LogP) is 5.40. The minimum absolute atomic E-state index is 0.0383. The number of rotatable bonds is 6. The second-order valence-electron chi connectivity index (χ2n) is 8.23. The third kappa shape index (κ3) is 4.90. The Morgan fingerprint density at radius 2 is 1.83 bits per heavy atom. The van der Waals surface area contributed by atoms with Crippen LogP contribution < -0.4 is 15.0 Å². The molecule has 1 aromatic heterocycles. The highest BCUT2D eigenvalue weighted by Gasteiger charge is 2.26. The van der Waals surface area contributed by atoms with Gasteiger partial charge in [0.25, 0.3) is 5.91 Å². The van der Waals surface area contributed by atoms with Crippen molar-refractivity contribution in [2.75, 3.05) is 17.3 Å². The Morgan fingerprint density at radius 3 is 2.54 bits per heavy atom. The molecule has 0 saturated heterocycles. The van der Waals surface area contributed by atoms with Crippen LogP contribution in [0, 0.1) is 0 Å². The second-order valence-corrected chi connectivity index (χ2v) is 8.67. The number of amides is 2. The van der Waals surface area contributed by atoms with Gasteiger partial charge in [-0.2, -0.15) is 5.10 Å². The van der Waals surface area contributed by atoms with E-state index < -0.39 is 0 Å². The van der Waals surface area contributed by atoms with Crippen LogP contribution in [0.4, 0.5) is 11.5 Å². The van der Waals surface area contributed by atoms with Crippen molar-refractivity contribution in [3.63, 3.8) is 0 Å². The summed E-state index contributed by atoms with van der Waals surface area (Å²) in [5.74, 6) is 1.30. The first kappa shape index (κ1) is 22.7. The smallest absolute Gasteiger partial charge is 0.255 e. The van der Waals surface area contributed by atoms with Gasteiger partial charge in [0.2, 0.25) is 5.91 Å². The summed E-state index contributed by atoms with van der Waals surface area (Å²) >= 11 is 6.14. The van der Waals surface area contributed by atoms with Crippen molar-refractivity contribution in [3.8, 4) is 17.0 Å². The van der Waals surface area contributed by atoms with Crippen molar-refractivity contribution in [1.29, 1.82) is 0 Å². The van der Waals surface area contributed by atoms with E-state index in [1.165, 1.54) is 0 Å². The maximum absolute atomic E-state index is 12.8.